The van der Waals surface area contributed by atoms with Crippen LogP contribution in [0.25, 0.3) is 0 Å². The topological polar surface area (TPSA) is 18.5 Å². The molecule has 0 amide bonds. The Balaban J connectivity index is 1.98. The second-order valence-corrected chi connectivity index (χ2v) is 5.14. The highest BCUT2D eigenvalue weighted by Crippen LogP contribution is 2.42. The molecular weight excluding hydrogens is 236 g/mol. The molecular formula is C17H18O2. The summed E-state index contributed by atoms with van der Waals surface area (Å²) in [5.41, 5.74) is 2.16. The molecule has 0 aromatic heterocycles. The molecule has 2 heteroatoms. The van der Waals surface area contributed by atoms with E-state index in [-0.39, 0.29) is 5.60 Å². The quantitative estimate of drug-likeness (QED) is 0.808. The lowest BCUT2D eigenvalue weighted by Gasteiger charge is -2.36. The Bertz CT molecular complexity index is 577. The number of ether oxygens (including phenoxy) is 2. The van der Waals surface area contributed by atoms with Crippen molar-refractivity contribution in [1.29, 1.82) is 0 Å². The van der Waals surface area contributed by atoms with Crippen LogP contribution in [0, 0.1) is 0 Å². The summed E-state index contributed by atoms with van der Waals surface area (Å²) >= 11 is 0. The van der Waals surface area contributed by atoms with E-state index in [1.54, 1.807) is 7.11 Å². The Kier molecular flexibility index (Phi) is 2.94. The molecule has 2 aromatic carbocycles. The van der Waals surface area contributed by atoms with Gasteiger partial charge in [-0.05, 0) is 37.5 Å². The van der Waals surface area contributed by atoms with Crippen LogP contribution in [0.2, 0.25) is 0 Å². The Morgan fingerprint density at radius 1 is 1.05 bits per heavy atom. The number of hydrogen-bond acceptors (Lipinski definition) is 2. The van der Waals surface area contributed by atoms with Gasteiger partial charge in [-0.1, -0.05) is 36.4 Å². The molecule has 1 aliphatic heterocycles. The Morgan fingerprint density at radius 2 is 1.84 bits per heavy atom. The first-order valence-corrected chi connectivity index (χ1v) is 6.63. The van der Waals surface area contributed by atoms with Crippen LogP contribution < -0.4 is 9.47 Å². The molecule has 2 aromatic rings. The van der Waals surface area contributed by atoms with E-state index in [0.717, 1.165) is 24.3 Å². The minimum absolute atomic E-state index is 0.249. The van der Waals surface area contributed by atoms with Crippen LogP contribution in [0.3, 0.4) is 0 Å². The maximum atomic E-state index is 6.27. The van der Waals surface area contributed by atoms with Crippen molar-refractivity contribution in [2.45, 2.75) is 25.4 Å². The third-order valence-corrected chi connectivity index (χ3v) is 3.88. The molecule has 3 rings (SSSR count). The second-order valence-electron chi connectivity index (χ2n) is 5.14. The normalized spacial score (nSPS) is 21.4. The van der Waals surface area contributed by atoms with Crippen LogP contribution in [0.15, 0.2) is 48.5 Å². The predicted octanol–water partition coefficient (Wildman–Crippen LogP) is 3.94. The minimum Gasteiger partial charge on any atom is -0.496 e. The summed E-state index contributed by atoms with van der Waals surface area (Å²) in [4.78, 5) is 0. The van der Waals surface area contributed by atoms with Gasteiger partial charge in [-0.3, -0.25) is 0 Å². The van der Waals surface area contributed by atoms with E-state index in [4.69, 9.17) is 9.47 Å². The molecule has 98 valence electrons. The van der Waals surface area contributed by atoms with Crippen LogP contribution in [0.4, 0.5) is 0 Å². The van der Waals surface area contributed by atoms with Crippen LogP contribution in [-0.4, -0.2) is 7.11 Å². The van der Waals surface area contributed by atoms with E-state index in [2.05, 4.69) is 31.2 Å². The van der Waals surface area contributed by atoms with Gasteiger partial charge < -0.3 is 9.47 Å². The molecule has 0 aliphatic carbocycles. The van der Waals surface area contributed by atoms with Crippen molar-refractivity contribution in [3.63, 3.8) is 0 Å². The first kappa shape index (κ1) is 12.1. The third-order valence-electron chi connectivity index (χ3n) is 3.88. The van der Waals surface area contributed by atoms with Gasteiger partial charge in [0.15, 0.2) is 0 Å². The summed E-state index contributed by atoms with van der Waals surface area (Å²) in [5.74, 6) is 1.87. The molecule has 1 aliphatic rings. The summed E-state index contributed by atoms with van der Waals surface area (Å²) in [5, 5.41) is 0. The zero-order valence-electron chi connectivity index (χ0n) is 11.3. The van der Waals surface area contributed by atoms with E-state index in [1.807, 2.05) is 24.3 Å². The number of fused-ring (bicyclic) bond motifs is 1. The molecule has 0 N–H and O–H groups in total. The van der Waals surface area contributed by atoms with E-state index in [9.17, 15) is 0 Å². The van der Waals surface area contributed by atoms with Gasteiger partial charge in [0.1, 0.15) is 17.1 Å². The Hall–Kier alpha value is -1.96. The summed E-state index contributed by atoms with van der Waals surface area (Å²) in [7, 11) is 1.71. The van der Waals surface area contributed by atoms with E-state index in [1.165, 1.54) is 11.1 Å². The first-order chi connectivity index (χ1) is 9.23. The molecule has 19 heavy (non-hydrogen) atoms. The first-order valence-electron chi connectivity index (χ1n) is 6.63. The number of methoxy groups -OCH3 is 1. The van der Waals surface area contributed by atoms with Crippen molar-refractivity contribution in [3.05, 3.63) is 59.7 Å². The molecule has 1 unspecified atom stereocenters. The lowest BCUT2D eigenvalue weighted by atomic mass is 9.86. The van der Waals surface area contributed by atoms with Crippen molar-refractivity contribution in [1.82, 2.24) is 0 Å². The Morgan fingerprint density at radius 3 is 2.58 bits per heavy atom. The van der Waals surface area contributed by atoms with Gasteiger partial charge in [0, 0.05) is 5.56 Å². The van der Waals surface area contributed by atoms with Crippen molar-refractivity contribution in [2.75, 3.05) is 7.11 Å². The van der Waals surface area contributed by atoms with Gasteiger partial charge in [-0.25, -0.2) is 0 Å². The highest BCUT2D eigenvalue weighted by Gasteiger charge is 2.34. The van der Waals surface area contributed by atoms with Crippen LogP contribution in [0.1, 0.15) is 24.5 Å². The fourth-order valence-electron chi connectivity index (χ4n) is 2.73. The summed E-state index contributed by atoms with van der Waals surface area (Å²) in [6.45, 7) is 2.16. The monoisotopic (exact) mass is 254 g/mol. The third kappa shape index (κ3) is 2.07. The highest BCUT2D eigenvalue weighted by atomic mass is 16.5. The second kappa shape index (κ2) is 4.61. The van der Waals surface area contributed by atoms with Gasteiger partial charge in [0.2, 0.25) is 0 Å². The largest absolute Gasteiger partial charge is 0.496 e. The summed E-state index contributed by atoms with van der Waals surface area (Å²) in [6.07, 6.45) is 1.94. The van der Waals surface area contributed by atoms with Gasteiger partial charge in [0.05, 0.1) is 7.11 Å². The van der Waals surface area contributed by atoms with Crippen molar-refractivity contribution >= 4 is 0 Å². The smallest absolute Gasteiger partial charge is 0.132 e. The standard InChI is InChI=1S/C17H18O2/c1-17(13-7-4-3-5-8-13)12-11-14-15(18-2)9-6-10-16(14)19-17/h3-10H,11-12H2,1-2H3. The number of benzene rings is 2. The van der Waals surface area contributed by atoms with E-state index >= 15 is 0 Å². The van der Waals surface area contributed by atoms with Crippen molar-refractivity contribution in [2.24, 2.45) is 0 Å². The number of rotatable bonds is 2. The van der Waals surface area contributed by atoms with Gasteiger partial charge in [-0.15, -0.1) is 0 Å². The van der Waals surface area contributed by atoms with Gasteiger partial charge in [-0.2, -0.15) is 0 Å². The number of hydrogen-bond donors (Lipinski definition) is 0. The van der Waals surface area contributed by atoms with Crippen LogP contribution in [-0.2, 0) is 12.0 Å². The van der Waals surface area contributed by atoms with Crippen molar-refractivity contribution < 1.29 is 9.47 Å². The van der Waals surface area contributed by atoms with E-state index < -0.39 is 0 Å². The van der Waals surface area contributed by atoms with E-state index in [0.29, 0.717) is 0 Å². The fourth-order valence-corrected chi connectivity index (χ4v) is 2.73. The Labute approximate surface area is 114 Å². The fraction of sp³-hybridized carbons (Fsp3) is 0.294. The average molecular weight is 254 g/mol. The maximum Gasteiger partial charge on any atom is 0.132 e. The SMILES string of the molecule is COc1cccc2c1CCC(C)(c1ccccc1)O2. The summed E-state index contributed by atoms with van der Waals surface area (Å²) in [6, 6.07) is 16.4. The lowest BCUT2D eigenvalue weighted by molar-refractivity contribution is 0.0616. The molecule has 0 radical (unpaired) electrons. The molecule has 0 bridgehead atoms. The van der Waals surface area contributed by atoms with Crippen molar-refractivity contribution in [3.8, 4) is 11.5 Å². The molecule has 1 atom stereocenters. The van der Waals surface area contributed by atoms with Crippen LogP contribution in [0.5, 0.6) is 11.5 Å². The maximum absolute atomic E-state index is 6.27. The molecule has 0 saturated heterocycles. The predicted molar refractivity (Wildman–Crippen MR) is 75.7 cm³/mol. The molecule has 0 fully saturated rings. The average Bonchev–Trinajstić information content (AvgIpc) is 2.47. The highest BCUT2D eigenvalue weighted by molar-refractivity contribution is 5.47. The molecule has 1 heterocycles. The van der Waals surface area contributed by atoms with Crippen LogP contribution >= 0.6 is 0 Å². The molecule has 2 nitrogen and oxygen atoms in total. The molecule has 0 spiro atoms. The van der Waals surface area contributed by atoms with Gasteiger partial charge in [0.25, 0.3) is 0 Å². The molecule has 0 saturated carbocycles. The zero-order chi connectivity index (χ0) is 13.3. The van der Waals surface area contributed by atoms with Gasteiger partial charge >= 0.3 is 0 Å². The lowest BCUT2D eigenvalue weighted by Crippen LogP contribution is -2.33. The zero-order valence-corrected chi connectivity index (χ0v) is 11.3. The minimum atomic E-state index is -0.249. The summed E-state index contributed by atoms with van der Waals surface area (Å²) < 4.78 is 11.7.